The van der Waals surface area contributed by atoms with Crippen LogP contribution in [0.25, 0.3) is 11.0 Å². The first kappa shape index (κ1) is 23.5. The summed E-state index contributed by atoms with van der Waals surface area (Å²) in [4.78, 5) is 37.3. The summed E-state index contributed by atoms with van der Waals surface area (Å²) in [6, 6.07) is 5.63. The summed E-state index contributed by atoms with van der Waals surface area (Å²) in [5.41, 5.74) is 2.70. The number of amides is 2. The largest absolute Gasteiger partial charge is 0.405 e. The topological polar surface area (TPSA) is 107 Å². The molecule has 2 aromatic heterocycles. The maximum Gasteiger partial charge on any atom is 0.405 e. The number of aromatic nitrogens is 4. The van der Waals surface area contributed by atoms with Gasteiger partial charge in [-0.15, -0.1) is 0 Å². The van der Waals surface area contributed by atoms with Gasteiger partial charge in [0.15, 0.2) is 0 Å². The Morgan fingerprint density at radius 1 is 1.20 bits per heavy atom. The molecule has 0 bridgehead atoms. The van der Waals surface area contributed by atoms with Crippen molar-refractivity contribution in [3.05, 3.63) is 46.5 Å². The Labute approximate surface area is 206 Å². The van der Waals surface area contributed by atoms with E-state index in [9.17, 15) is 22.8 Å². The van der Waals surface area contributed by atoms with Crippen LogP contribution in [-0.2, 0) is 10.2 Å². The van der Waals surface area contributed by atoms with Crippen molar-refractivity contribution in [2.24, 2.45) is 0 Å². The van der Waals surface area contributed by atoms with E-state index in [0.29, 0.717) is 43.5 Å². The Morgan fingerprint density at radius 2 is 1.97 bits per heavy atom. The fourth-order valence-electron chi connectivity index (χ4n) is 4.93. The van der Waals surface area contributed by atoms with Gasteiger partial charge in [-0.3, -0.25) is 14.7 Å². The first-order valence-electron chi connectivity index (χ1n) is 11.0. The number of benzene rings is 1. The number of nitrogens with one attached hydrogen (secondary N) is 2. The first-order chi connectivity index (χ1) is 16.7. The predicted molar refractivity (Wildman–Crippen MR) is 124 cm³/mol. The molecule has 13 heteroatoms. The molecule has 2 N–H and O–H groups in total. The van der Waals surface area contributed by atoms with Crippen LogP contribution in [0.4, 0.5) is 18.9 Å². The molecule has 2 aliphatic rings. The smallest absolute Gasteiger partial charge is 0.361 e. The van der Waals surface area contributed by atoms with E-state index in [1.165, 1.54) is 12.4 Å². The second-order valence-electron chi connectivity index (χ2n) is 8.82. The fraction of sp³-hybridized carbons (Fsp3) is 0.409. The van der Waals surface area contributed by atoms with Crippen molar-refractivity contribution in [3.8, 4) is 0 Å². The van der Waals surface area contributed by atoms with Crippen LogP contribution in [0.1, 0.15) is 29.0 Å². The third-order valence-corrected chi connectivity index (χ3v) is 7.23. The fourth-order valence-corrected chi connectivity index (χ4v) is 5.71. The average Bonchev–Trinajstić information content (AvgIpc) is 3.40. The monoisotopic (exact) mass is 551 g/mol. The van der Waals surface area contributed by atoms with Crippen LogP contribution < -0.4 is 10.2 Å². The van der Waals surface area contributed by atoms with E-state index in [1.54, 1.807) is 4.90 Å². The van der Waals surface area contributed by atoms with Crippen LogP contribution in [0.15, 0.2) is 35.1 Å². The molecule has 1 spiro atoms. The zero-order valence-corrected chi connectivity index (χ0v) is 20.0. The Bertz CT molecular complexity index is 1290. The van der Waals surface area contributed by atoms with E-state index in [1.807, 2.05) is 28.4 Å². The molecule has 3 aromatic rings. The highest BCUT2D eigenvalue weighted by Crippen LogP contribution is 2.50. The number of halogens is 4. The number of carbonyl (C=O) groups excluding carboxylic acids is 2. The second-order valence-corrected chi connectivity index (χ2v) is 9.67. The number of nitrogens with zero attached hydrogens (tertiary/aromatic N) is 5. The molecule has 1 aromatic carbocycles. The standard InChI is InChI=1S/C22H21BrF3N7O2/c23-13-2-1-3-16-18(13)21(12-33(16)10-17(34)28-11-22(24,25)26)4-6-32(7-5-21)20(35)19-27-8-15-14(30-19)9-29-31-15/h1-3,8-9H,4-7,10-12H2,(H,28,34)(H,29,31). The molecule has 35 heavy (non-hydrogen) atoms. The zero-order chi connectivity index (χ0) is 24.8. The summed E-state index contributed by atoms with van der Waals surface area (Å²) in [6.45, 7) is -0.146. The lowest BCUT2D eigenvalue weighted by Gasteiger charge is -2.40. The minimum atomic E-state index is -4.46. The van der Waals surface area contributed by atoms with Gasteiger partial charge in [0.1, 0.15) is 17.6 Å². The van der Waals surface area contributed by atoms with Crippen molar-refractivity contribution < 1.29 is 22.8 Å². The number of hydrogen-bond acceptors (Lipinski definition) is 6. The summed E-state index contributed by atoms with van der Waals surface area (Å²) in [7, 11) is 0. The quantitative estimate of drug-likeness (QED) is 0.516. The van der Waals surface area contributed by atoms with Crippen molar-refractivity contribution in [3.63, 3.8) is 0 Å². The van der Waals surface area contributed by atoms with Crippen LogP contribution in [0.3, 0.4) is 0 Å². The van der Waals surface area contributed by atoms with E-state index >= 15 is 0 Å². The summed E-state index contributed by atoms with van der Waals surface area (Å²) < 4.78 is 38.4. The normalized spacial score (nSPS) is 17.1. The highest BCUT2D eigenvalue weighted by molar-refractivity contribution is 9.10. The number of rotatable bonds is 4. The molecular weight excluding hydrogens is 531 g/mol. The number of hydrogen-bond donors (Lipinski definition) is 2. The van der Waals surface area contributed by atoms with Crippen molar-refractivity contribution in [1.29, 1.82) is 0 Å². The van der Waals surface area contributed by atoms with Gasteiger partial charge < -0.3 is 15.1 Å². The predicted octanol–water partition coefficient (Wildman–Crippen LogP) is 2.79. The number of carbonyl (C=O) groups is 2. The number of alkyl halides is 3. The lowest BCUT2D eigenvalue weighted by molar-refractivity contribution is -0.137. The Hall–Kier alpha value is -3.22. The number of likely N-dealkylation sites (tertiary alicyclic amines) is 1. The molecule has 0 unspecified atom stereocenters. The number of fused-ring (bicyclic) bond motifs is 3. The van der Waals surface area contributed by atoms with E-state index in [2.05, 4.69) is 36.1 Å². The van der Waals surface area contributed by atoms with Crippen LogP contribution >= 0.6 is 15.9 Å². The Kier molecular flexibility index (Phi) is 5.90. The van der Waals surface area contributed by atoms with Gasteiger partial charge in [-0.05, 0) is 30.5 Å². The molecule has 0 radical (unpaired) electrons. The van der Waals surface area contributed by atoms with E-state index in [0.717, 1.165) is 15.7 Å². The van der Waals surface area contributed by atoms with Gasteiger partial charge in [0.05, 0.1) is 18.9 Å². The summed E-state index contributed by atoms with van der Waals surface area (Å²) in [6.07, 6.45) is -0.147. The minimum absolute atomic E-state index is 0.103. The van der Waals surface area contributed by atoms with Gasteiger partial charge in [0, 0.05) is 35.2 Å². The van der Waals surface area contributed by atoms with E-state index in [4.69, 9.17) is 0 Å². The number of H-pyrrole nitrogens is 1. The van der Waals surface area contributed by atoms with Crippen LogP contribution in [0.2, 0.25) is 0 Å². The van der Waals surface area contributed by atoms with Gasteiger partial charge >= 0.3 is 6.18 Å². The Morgan fingerprint density at radius 3 is 2.71 bits per heavy atom. The molecule has 2 amide bonds. The van der Waals surface area contributed by atoms with E-state index in [-0.39, 0.29) is 23.7 Å². The number of piperidine rings is 1. The third kappa shape index (κ3) is 4.56. The summed E-state index contributed by atoms with van der Waals surface area (Å²) >= 11 is 3.62. The highest BCUT2D eigenvalue weighted by atomic mass is 79.9. The van der Waals surface area contributed by atoms with Crippen LogP contribution in [0.5, 0.6) is 0 Å². The maximum absolute atomic E-state index is 13.0. The number of aromatic amines is 1. The highest BCUT2D eigenvalue weighted by Gasteiger charge is 2.47. The molecule has 4 heterocycles. The molecule has 0 saturated carbocycles. The molecule has 1 saturated heterocycles. The van der Waals surface area contributed by atoms with Crippen molar-refractivity contribution in [2.45, 2.75) is 24.4 Å². The van der Waals surface area contributed by atoms with Gasteiger partial charge in [-0.25, -0.2) is 9.97 Å². The third-order valence-electron chi connectivity index (χ3n) is 6.57. The zero-order valence-electron chi connectivity index (χ0n) is 18.4. The molecule has 184 valence electrons. The lowest BCUT2D eigenvalue weighted by Crippen LogP contribution is -2.48. The second kappa shape index (κ2) is 8.77. The minimum Gasteiger partial charge on any atom is -0.361 e. The van der Waals surface area contributed by atoms with Gasteiger partial charge in [0.2, 0.25) is 11.7 Å². The summed E-state index contributed by atoms with van der Waals surface area (Å²) in [5, 5.41) is 8.60. The van der Waals surface area contributed by atoms with Gasteiger partial charge in [0.25, 0.3) is 5.91 Å². The van der Waals surface area contributed by atoms with Crippen molar-refractivity contribution in [2.75, 3.05) is 37.6 Å². The molecule has 0 atom stereocenters. The molecule has 1 fully saturated rings. The number of anilines is 1. The Balaban J connectivity index is 1.31. The molecular formula is C22H21BrF3N7O2. The maximum atomic E-state index is 13.0. The molecule has 2 aliphatic heterocycles. The summed E-state index contributed by atoms with van der Waals surface area (Å²) in [5.74, 6) is -0.854. The SMILES string of the molecule is O=C(CN1CC2(CCN(C(=O)c3ncc4[nH]ncc4n3)CC2)c2c(Br)cccc21)NCC(F)(F)F. The van der Waals surface area contributed by atoms with E-state index < -0.39 is 18.6 Å². The van der Waals surface area contributed by atoms with Gasteiger partial charge in [-0.2, -0.15) is 18.3 Å². The average molecular weight is 552 g/mol. The lowest BCUT2D eigenvalue weighted by atomic mass is 9.74. The van der Waals surface area contributed by atoms with Crippen molar-refractivity contribution in [1.82, 2.24) is 30.4 Å². The van der Waals surface area contributed by atoms with Crippen molar-refractivity contribution >= 4 is 44.5 Å². The van der Waals surface area contributed by atoms with Crippen LogP contribution in [-0.4, -0.2) is 75.8 Å². The molecule has 9 nitrogen and oxygen atoms in total. The van der Waals surface area contributed by atoms with Crippen LogP contribution in [0, 0.1) is 0 Å². The van der Waals surface area contributed by atoms with Gasteiger partial charge in [-0.1, -0.05) is 22.0 Å². The molecule has 0 aliphatic carbocycles. The molecule has 5 rings (SSSR count). The first-order valence-corrected chi connectivity index (χ1v) is 11.8.